The Hall–Kier alpha value is -3.33. The average molecular weight is 327 g/mol. The van der Waals surface area contributed by atoms with Crippen molar-refractivity contribution in [2.24, 2.45) is 0 Å². The Bertz CT molecular complexity index is 1050. The maximum atomic E-state index is 12.4. The highest BCUT2D eigenvalue weighted by Gasteiger charge is 2.14. The van der Waals surface area contributed by atoms with Gasteiger partial charge in [-0.3, -0.25) is 4.79 Å². The van der Waals surface area contributed by atoms with E-state index in [1.807, 2.05) is 54.6 Å². The van der Waals surface area contributed by atoms with E-state index in [1.54, 1.807) is 6.07 Å². The smallest absolute Gasteiger partial charge is 0.291 e. The Morgan fingerprint density at radius 1 is 0.800 bits per heavy atom. The molecule has 0 saturated heterocycles. The lowest BCUT2D eigenvalue weighted by Gasteiger charge is -2.07. The second-order valence-electron chi connectivity index (χ2n) is 5.96. The number of carbonyl (C=O) groups is 1. The van der Waals surface area contributed by atoms with Gasteiger partial charge in [-0.25, -0.2) is 0 Å². The number of hydrogen-bond acceptors (Lipinski definition) is 2. The van der Waals surface area contributed by atoms with Crippen LogP contribution in [0.3, 0.4) is 0 Å². The summed E-state index contributed by atoms with van der Waals surface area (Å²) in [5.41, 5.74) is 2.94. The Morgan fingerprint density at radius 3 is 2.32 bits per heavy atom. The van der Waals surface area contributed by atoms with Gasteiger partial charge in [0.15, 0.2) is 5.76 Å². The van der Waals surface area contributed by atoms with Crippen LogP contribution in [0.5, 0.6) is 0 Å². The van der Waals surface area contributed by atoms with E-state index in [2.05, 4.69) is 30.4 Å². The van der Waals surface area contributed by atoms with E-state index >= 15 is 0 Å². The predicted molar refractivity (Wildman–Crippen MR) is 101 cm³/mol. The number of hydrogen-bond donors (Lipinski definition) is 1. The van der Waals surface area contributed by atoms with E-state index < -0.39 is 0 Å². The zero-order valence-electron chi connectivity index (χ0n) is 13.8. The molecule has 1 N–H and O–H groups in total. The van der Waals surface area contributed by atoms with Crippen molar-refractivity contribution in [1.82, 2.24) is 0 Å². The average Bonchev–Trinajstić information content (AvgIpc) is 3.13. The third-order valence-electron chi connectivity index (χ3n) is 4.27. The van der Waals surface area contributed by atoms with E-state index in [9.17, 15) is 4.79 Å². The highest BCUT2D eigenvalue weighted by Crippen LogP contribution is 2.31. The van der Waals surface area contributed by atoms with Crippen LogP contribution in [0.2, 0.25) is 0 Å². The summed E-state index contributed by atoms with van der Waals surface area (Å²) in [5.74, 6) is 0.729. The molecule has 0 fully saturated rings. The molecule has 3 heteroatoms. The Morgan fingerprint density at radius 2 is 1.52 bits per heavy atom. The summed E-state index contributed by atoms with van der Waals surface area (Å²) in [6.45, 7) is 2.09. The molecule has 0 saturated carbocycles. The summed E-state index contributed by atoms with van der Waals surface area (Å²) in [6, 6.07) is 25.2. The van der Waals surface area contributed by atoms with Gasteiger partial charge in [-0.2, -0.15) is 0 Å². The third kappa shape index (κ3) is 2.92. The first-order chi connectivity index (χ1) is 12.2. The SMILES string of the molecule is Cc1ccc(-c2ccc(C(=O)Nc3ccccc3)o2)c2ccccc12. The van der Waals surface area contributed by atoms with Crippen molar-refractivity contribution in [3.63, 3.8) is 0 Å². The van der Waals surface area contributed by atoms with E-state index in [4.69, 9.17) is 4.42 Å². The highest BCUT2D eigenvalue weighted by molar-refractivity contribution is 6.03. The number of aryl methyl sites for hydroxylation is 1. The van der Waals surface area contributed by atoms with Gasteiger partial charge >= 0.3 is 0 Å². The minimum absolute atomic E-state index is 0.256. The first-order valence-electron chi connectivity index (χ1n) is 8.17. The van der Waals surface area contributed by atoms with Gasteiger partial charge in [-0.05, 0) is 47.5 Å². The number of benzene rings is 3. The number of rotatable bonds is 3. The van der Waals surface area contributed by atoms with Crippen LogP contribution in [0, 0.1) is 6.92 Å². The molecule has 122 valence electrons. The van der Waals surface area contributed by atoms with Crippen LogP contribution >= 0.6 is 0 Å². The standard InChI is InChI=1S/C22H17NO2/c1-15-11-12-19(18-10-6-5-9-17(15)18)20-13-14-21(25-20)22(24)23-16-7-3-2-4-8-16/h2-14H,1H3,(H,23,24). The van der Waals surface area contributed by atoms with Crippen molar-refractivity contribution >= 4 is 22.4 Å². The lowest BCUT2D eigenvalue weighted by atomic mass is 9.99. The fraction of sp³-hybridized carbons (Fsp3) is 0.0455. The zero-order valence-corrected chi connectivity index (χ0v) is 13.8. The first-order valence-corrected chi connectivity index (χ1v) is 8.17. The molecule has 25 heavy (non-hydrogen) atoms. The summed E-state index contributed by atoms with van der Waals surface area (Å²) in [5, 5.41) is 5.14. The van der Waals surface area contributed by atoms with Crippen molar-refractivity contribution in [3.8, 4) is 11.3 Å². The molecule has 1 amide bonds. The Labute approximate surface area is 145 Å². The molecular weight excluding hydrogens is 310 g/mol. The molecule has 1 heterocycles. The molecule has 0 aliphatic rings. The number of nitrogens with one attached hydrogen (secondary N) is 1. The highest BCUT2D eigenvalue weighted by atomic mass is 16.3. The van der Waals surface area contributed by atoms with Gasteiger partial charge in [-0.15, -0.1) is 0 Å². The number of anilines is 1. The summed E-state index contributed by atoms with van der Waals surface area (Å²) >= 11 is 0. The van der Waals surface area contributed by atoms with E-state index in [0.717, 1.165) is 16.6 Å². The van der Waals surface area contributed by atoms with Crippen molar-refractivity contribution in [2.45, 2.75) is 6.92 Å². The number of carbonyl (C=O) groups excluding carboxylic acids is 1. The zero-order chi connectivity index (χ0) is 17.2. The molecule has 0 aliphatic heterocycles. The summed E-state index contributed by atoms with van der Waals surface area (Å²) in [4.78, 5) is 12.4. The normalized spacial score (nSPS) is 10.8. The van der Waals surface area contributed by atoms with E-state index in [-0.39, 0.29) is 5.91 Å². The van der Waals surface area contributed by atoms with Gasteiger partial charge in [0.25, 0.3) is 5.91 Å². The van der Waals surface area contributed by atoms with Crippen molar-refractivity contribution in [3.05, 3.63) is 90.2 Å². The Balaban J connectivity index is 1.68. The fourth-order valence-corrected chi connectivity index (χ4v) is 2.98. The summed E-state index contributed by atoms with van der Waals surface area (Å²) in [7, 11) is 0. The maximum absolute atomic E-state index is 12.4. The number of furan rings is 1. The van der Waals surface area contributed by atoms with Gasteiger partial charge < -0.3 is 9.73 Å². The molecule has 4 rings (SSSR count). The predicted octanol–water partition coefficient (Wildman–Crippen LogP) is 5.66. The molecule has 0 atom stereocenters. The second-order valence-corrected chi connectivity index (χ2v) is 5.96. The van der Waals surface area contributed by atoms with Gasteiger partial charge in [0.05, 0.1) is 0 Å². The quantitative estimate of drug-likeness (QED) is 0.527. The minimum Gasteiger partial charge on any atom is -0.451 e. The van der Waals surface area contributed by atoms with Crippen LogP contribution in [0.4, 0.5) is 5.69 Å². The number of amides is 1. The van der Waals surface area contributed by atoms with Gasteiger partial charge in [0.2, 0.25) is 0 Å². The number of para-hydroxylation sites is 1. The van der Waals surface area contributed by atoms with Gasteiger partial charge in [0, 0.05) is 11.3 Å². The molecule has 0 aliphatic carbocycles. The van der Waals surface area contributed by atoms with Gasteiger partial charge in [0.1, 0.15) is 5.76 Å². The second kappa shape index (κ2) is 6.29. The lowest BCUT2D eigenvalue weighted by Crippen LogP contribution is -2.10. The minimum atomic E-state index is -0.256. The first kappa shape index (κ1) is 15.2. The van der Waals surface area contributed by atoms with Gasteiger partial charge in [-0.1, -0.05) is 54.6 Å². The van der Waals surface area contributed by atoms with Crippen molar-refractivity contribution in [2.75, 3.05) is 5.32 Å². The lowest BCUT2D eigenvalue weighted by molar-refractivity contribution is 0.0997. The molecular formula is C22H17NO2. The molecule has 1 aromatic heterocycles. The molecule has 0 unspecified atom stereocenters. The molecule has 0 bridgehead atoms. The molecule has 0 spiro atoms. The molecule has 0 radical (unpaired) electrons. The molecule has 3 nitrogen and oxygen atoms in total. The van der Waals surface area contributed by atoms with E-state index in [0.29, 0.717) is 11.5 Å². The molecule has 4 aromatic rings. The fourth-order valence-electron chi connectivity index (χ4n) is 2.98. The van der Waals surface area contributed by atoms with Crippen LogP contribution in [-0.2, 0) is 0 Å². The molecule has 3 aromatic carbocycles. The van der Waals surface area contributed by atoms with Crippen LogP contribution in [0.1, 0.15) is 16.1 Å². The van der Waals surface area contributed by atoms with Crippen LogP contribution in [0.15, 0.2) is 83.3 Å². The summed E-state index contributed by atoms with van der Waals surface area (Å²) < 4.78 is 5.84. The summed E-state index contributed by atoms with van der Waals surface area (Å²) in [6.07, 6.45) is 0. The largest absolute Gasteiger partial charge is 0.451 e. The van der Waals surface area contributed by atoms with Crippen LogP contribution < -0.4 is 5.32 Å². The van der Waals surface area contributed by atoms with Crippen molar-refractivity contribution < 1.29 is 9.21 Å². The third-order valence-corrected chi connectivity index (χ3v) is 4.27. The van der Waals surface area contributed by atoms with Crippen molar-refractivity contribution in [1.29, 1.82) is 0 Å². The maximum Gasteiger partial charge on any atom is 0.291 e. The van der Waals surface area contributed by atoms with E-state index in [1.165, 1.54) is 10.9 Å². The van der Waals surface area contributed by atoms with Crippen LogP contribution in [-0.4, -0.2) is 5.91 Å². The monoisotopic (exact) mass is 327 g/mol. The number of fused-ring (bicyclic) bond motifs is 1. The topological polar surface area (TPSA) is 42.2 Å². The van der Waals surface area contributed by atoms with Crippen LogP contribution in [0.25, 0.3) is 22.1 Å². The Kier molecular flexibility index (Phi) is 3.82.